The number of amides is 1. The first-order valence-electron chi connectivity index (χ1n) is 6.95. The van der Waals surface area contributed by atoms with E-state index < -0.39 is 6.17 Å². The van der Waals surface area contributed by atoms with Crippen LogP contribution in [0.1, 0.15) is 32.4 Å². The predicted octanol–water partition coefficient (Wildman–Crippen LogP) is 3.82. The van der Waals surface area contributed by atoms with Crippen LogP contribution in [0.15, 0.2) is 22.4 Å². The molecule has 0 aromatic carbocycles. The summed E-state index contributed by atoms with van der Waals surface area (Å²) < 4.78 is 12.8. The molecule has 120 valence electrons. The number of thioether (sulfide) groups is 1. The number of nitrogens with one attached hydrogen (secondary N) is 1. The highest BCUT2D eigenvalue weighted by atomic mass is 32.2. The van der Waals surface area contributed by atoms with E-state index in [0.29, 0.717) is 22.9 Å². The molecular formula is C15H19FN2O2S2. The molecule has 1 fully saturated rings. The summed E-state index contributed by atoms with van der Waals surface area (Å²) in [7, 11) is 0. The zero-order valence-corrected chi connectivity index (χ0v) is 14.2. The fourth-order valence-electron chi connectivity index (χ4n) is 1.99. The molecule has 2 N–H and O–H groups in total. The summed E-state index contributed by atoms with van der Waals surface area (Å²) in [4.78, 5) is 17.9. The summed E-state index contributed by atoms with van der Waals surface area (Å²) in [5, 5.41) is 14.2. The van der Waals surface area contributed by atoms with Crippen molar-refractivity contribution in [3.8, 4) is 0 Å². The van der Waals surface area contributed by atoms with Gasteiger partial charge in [-0.15, -0.1) is 11.3 Å². The quantitative estimate of drug-likeness (QED) is 0.825. The summed E-state index contributed by atoms with van der Waals surface area (Å²) in [6.07, 6.45) is -0.244. The van der Waals surface area contributed by atoms with Crippen molar-refractivity contribution in [3.63, 3.8) is 0 Å². The highest BCUT2D eigenvalue weighted by Gasteiger charge is 2.34. The summed E-state index contributed by atoms with van der Waals surface area (Å²) >= 11 is 2.71. The summed E-state index contributed by atoms with van der Waals surface area (Å²) in [6.45, 7) is 7.60. The fraction of sp³-hybridized carbons (Fsp3) is 0.467. The molecule has 0 unspecified atom stereocenters. The van der Waals surface area contributed by atoms with Crippen molar-refractivity contribution in [1.82, 2.24) is 4.98 Å². The first-order valence-corrected chi connectivity index (χ1v) is 8.65. The van der Waals surface area contributed by atoms with Gasteiger partial charge >= 0.3 is 0 Å². The van der Waals surface area contributed by atoms with Crippen LogP contribution >= 0.6 is 23.1 Å². The van der Waals surface area contributed by atoms with Gasteiger partial charge in [0.2, 0.25) is 5.91 Å². The molecule has 1 aromatic rings. The maximum absolute atomic E-state index is 12.8. The lowest BCUT2D eigenvalue weighted by atomic mass is 9.83. The number of carbonyl (C=O) groups excluding carboxylic acids is 1. The number of allylic oxidation sites excluding steroid dienone is 1. The highest BCUT2D eigenvalue weighted by Crippen LogP contribution is 2.37. The van der Waals surface area contributed by atoms with E-state index in [1.165, 1.54) is 23.1 Å². The van der Waals surface area contributed by atoms with Gasteiger partial charge in [0.15, 0.2) is 5.13 Å². The van der Waals surface area contributed by atoms with Gasteiger partial charge in [-0.2, -0.15) is 0 Å². The van der Waals surface area contributed by atoms with Gasteiger partial charge < -0.3 is 10.4 Å². The Labute approximate surface area is 137 Å². The Balaban J connectivity index is 2.04. The second-order valence-electron chi connectivity index (χ2n) is 5.42. The second-order valence-corrected chi connectivity index (χ2v) is 7.47. The summed E-state index contributed by atoms with van der Waals surface area (Å²) in [5.41, 5.74) is 1.80. The molecule has 1 aromatic heterocycles. The lowest BCUT2D eigenvalue weighted by Gasteiger charge is -2.27. The van der Waals surface area contributed by atoms with Crippen molar-refractivity contribution < 1.29 is 14.3 Å². The van der Waals surface area contributed by atoms with Gasteiger partial charge in [0.05, 0.1) is 12.3 Å². The smallest absolute Gasteiger partial charge is 0.229 e. The van der Waals surface area contributed by atoms with Crippen LogP contribution in [-0.2, 0) is 4.79 Å². The Morgan fingerprint density at radius 1 is 1.59 bits per heavy atom. The molecule has 4 nitrogen and oxygen atoms in total. The molecule has 1 amide bonds. The number of nitrogens with zero attached hydrogens (tertiary/aromatic N) is 1. The van der Waals surface area contributed by atoms with Crippen LogP contribution in [0, 0.1) is 5.92 Å². The third-order valence-corrected chi connectivity index (χ3v) is 5.29. The van der Waals surface area contributed by atoms with E-state index in [9.17, 15) is 9.18 Å². The molecule has 0 spiro atoms. The van der Waals surface area contributed by atoms with Crippen LogP contribution in [0.4, 0.5) is 9.52 Å². The monoisotopic (exact) mass is 342 g/mol. The Morgan fingerprint density at radius 2 is 2.27 bits per heavy atom. The molecule has 1 aliphatic rings. The average Bonchev–Trinajstić information content (AvgIpc) is 2.88. The largest absolute Gasteiger partial charge is 0.391 e. The Morgan fingerprint density at radius 3 is 2.82 bits per heavy atom. The molecule has 22 heavy (non-hydrogen) atoms. The van der Waals surface area contributed by atoms with Crippen LogP contribution in [-0.4, -0.2) is 28.8 Å². The Kier molecular flexibility index (Phi) is 5.77. The number of thiazole rings is 1. The van der Waals surface area contributed by atoms with E-state index in [1.54, 1.807) is 0 Å². The number of aromatic nitrogens is 1. The number of hydrogen-bond acceptors (Lipinski definition) is 5. The normalized spacial score (nSPS) is 20.2. The topological polar surface area (TPSA) is 62.2 Å². The predicted molar refractivity (Wildman–Crippen MR) is 90.4 cm³/mol. The number of carbonyl (C=O) groups is 1. The van der Waals surface area contributed by atoms with Crippen LogP contribution in [0.2, 0.25) is 0 Å². The molecule has 2 rings (SSSR count). The second kappa shape index (κ2) is 7.39. The molecule has 0 atom stereocenters. The van der Waals surface area contributed by atoms with Gasteiger partial charge in [0.25, 0.3) is 0 Å². The van der Waals surface area contributed by atoms with E-state index in [2.05, 4.69) is 16.9 Å². The van der Waals surface area contributed by atoms with Crippen molar-refractivity contribution in [2.45, 2.75) is 32.9 Å². The minimum Gasteiger partial charge on any atom is -0.391 e. The van der Waals surface area contributed by atoms with Gasteiger partial charge in [-0.3, -0.25) is 4.79 Å². The number of aliphatic hydroxyl groups is 1. The van der Waals surface area contributed by atoms with Gasteiger partial charge in [-0.1, -0.05) is 23.9 Å². The molecule has 0 aliphatic heterocycles. The molecule has 0 saturated heterocycles. The SMILES string of the molecule is C=C(CO)SC(=C(C)C)c1csc(NC(=O)C2CC(F)C2)n1. The highest BCUT2D eigenvalue weighted by molar-refractivity contribution is 8.11. The van der Waals surface area contributed by atoms with E-state index >= 15 is 0 Å². The lowest BCUT2D eigenvalue weighted by molar-refractivity contribution is -0.124. The number of halogens is 1. The number of hydrogen-bond donors (Lipinski definition) is 2. The molecular weight excluding hydrogens is 323 g/mol. The molecule has 0 bridgehead atoms. The standard InChI is InChI=1S/C15H19FN2O2S2/c1-8(2)13(22-9(3)6-19)12-7-21-15(17-12)18-14(20)10-4-11(16)5-10/h7,10-11,19H,3-6H2,1-2H3,(H,17,18,20). The van der Waals surface area contributed by atoms with E-state index in [0.717, 1.165) is 16.2 Å². The first-order chi connectivity index (χ1) is 10.4. The van der Waals surface area contributed by atoms with Crippen LogP contribution in [0.3, 0.4) is 0 Å². The first kappa shape index (κ1) is 17.2. The number of rotatable bonds is 6. The van der Waals surface area contributed by atoms with Gasteiger partial charge in [-0.05, 0) is 26.7 Å². The number of alkyl halides is 1. The van der Waals surface area contributed by atoms with Gasteiger partial charge in [0, 0.05) is 21.1 Å². The zero-order chi connectivity index (χ0) is 16.3. The number of anilines is 1. The van der Waals surface area contributed by atoms with Gasteiger partial charge in [-0.25, -0.2) is 9.37 Å². The minimum atomic E-state index is -0.847. The molecule has 1 heterocycles. The van der Waals surface area contributed by atoms with Crippen LogP contribution in [0.5, 0.6) is 0 Å². The van der Waals surface area contributed by atoms with Crippen molar-refractivity contribution in [1.29, 1.82) is 0 Å². The fourth-order valence-corrected chi connectivity index (χ4v) is 3.54. The third kappa shape index (κ3) is 4.18. The van der Waals surface area contributed by atoms with E-state index in [-0.39, 0.29) is 18.4 Å². The van der Waals surface area contributed by atoms with E-state index in [1.807, 2.05) is 19.2 Å². The van der Waals surface area contributed by atoms with Crippen LogP contribution < -0.4 is 5.32 Å². The van der Waals surface area contributed by atoms with Crippen molar-refractivity contribution in [2.75, 3.05) is 11.9 Å². The average molecular weight is 342 g/mol. The number of aliphatic hydroxyl groups excluding tert-OH is 1. The van der Waals surface area contributed by atoms with Gasteiger partial charge in [0.1, 0.15) is 6.17 Å². The molecule has 1 aliphatic carbocycles. The van der Waals surface area contributed by atoms with Crippen molar-refractivity contribution in [2.24, 2.45) is 5.92 Å². The molecule has 0 radical (unpaired) electrons. The van der Waals surface area contributed by atoms with Crippen molar-refractivity contribution >= 4 is 39.0 Å². The summed E-state index contributed by atoms with van der Waals surface area (Å²) in [6, 6.07) is 0. The molecule has 1 saturated carbocycles. The van der Waals surface area contributed by atoms with Crippen molar-refractivity contribution in [3.05, 3.63) is 28.1 Å². The third-order valence-electron chi connectivity index (χ3n) is 3.30. The minimum absolute atomic E-state index is 0.0960. The maximum atomic E-state index is 12.8. The molecule has 7 heteroatoms. The lowest BCUT2D eigenvalue weighted by Crippen LogP contribution is -2.35. The van der Waals surface area contributed by atoms with Crippen LogP contribution in [0.25, 0.3) is 4.91 Å². The maximum Gasteiger partial charge on any atom is 0.229 e. The Bertz CT molecular complexity index is 602. The Hall–Kier alpha value is -1.18. The van der Waals surface area contributed by atoms with E-state index in [4.69, 9.17) is 5.11 Å². The zero-order valence-electron chi connectivity index (χ0n) is 12.6. The summed E-state index contributed by atoms with van der Waals surface area (Å²) in [5.74, 6) is -0.408.